The van der Waals surface area contributed by atoms with Crippen LogP contribution in [0.15, 0.2) is 23.0 Å². The van der Waals surface area contributed by atoms with Gasteiger partial charge in [0.05, 0.1) is 11.0 Å². The van der Waals surface area contributed by atoms with Crippen LogP contribution in [0.25, 0.3) is 11.0 Å². The van der Waals surface area contributed by atoms with Crippen LogP contribution in [0, 0.1) is 0 Å². The molecule has 6 nitrogen and oxygen atoms in total. The van der Waals surface area contributed by atoms with Crippen molar-refractivity contribution in [1.82, 2.24) is 14.9 Å². The number of H-pyrrole nitrogens is 1. The highest BCUT2D eigenvalue weighted by Gasteiger charge is 2.30. The van der Waals surface area contributed by atoms with Gasteiger partial charge in [-0.25, -0.2) is 4.79 Å². The van der Waals surface area contributed by atoms with Gasteiger partial charge in [-0.3, -0.25) is 19.5 Å². The van der Waals surface area contributed by atoms with E-state index in [9.17, 15) is 14.4 Å². The van der Waals surface area contributed by atoms with Crippen molar-refractivity contribution >= 4 is 22.8 Å². The molecule has 1 aliphatic heterocycles. The number of carbonyl (C=O) groups excluding carboxylic acids is 2. The van der Waals surface area contributed by atoms with E-state index in [4.69, 9.17) is 0 Å². The lowest BCUT2D eigenvalue weighted by Crippen LogP contribution is -2.43. The molecule has 0 aliphatic carbocycles. The van der Waals surface area contributed by atoms with Gasteiger partial charge in [-0.05, 0) is 30.5 Å². The summed E-state index contributed by atoms with van der Waals surface area (Å²) in [5.41, 5.74) is 2.20. The molecule has 1 unspecified atom stereocenters. The van der Waals surface area contributed by atoms with Crippen LogP contribution >= 0.6 is 0 Å². The predicted molar refractivity (Wildman–Crippen MR) is 73.4 cm³/mol. The Bertz CT molecular complexity index is 757. The number of nitrogens with one attached hydrogen (secondary N) is 2. The molecule has 0 saturated carbocycles. The number of amides is 2. The number of benzene rings is 1. The molecule has 2 amide bonds. The standard InChI is InChI=1S/C14H15N3O3/c1-2-8-3-4-9-11(7-8)17(14(20)15-9)10-5-6-12(18)16-13(10)19/h3-4,7,10H,2,5-6H2,1H3,(H,15,20)(H,16,18,19). The summed E-state index contributed by atoms with van der Waals surface area (Å²) in [5.74, 6) is -0.695. The van der Waals surface area contributed by atoms with Crippen LogP contribution in [0.2, 0.25) is 0 Å². The molecule has 0 spiro atoms. The molecule has 0 radical (unpaired) electrons. The fourth-order valence-electron chi connectivity index (χ4n) is 2.62. The second-order valence-corrected chi connectivity index (χ2v) is 4.97. The molecule has 2 aromatic rings. The monoisotopic (exact) mass is 273 g/mol. The minimum Gasteiger partial charge on any atom is -0.306 e. The summed E-state index contributed by atoms with van der Waals surface area (Å²) in [6.45, 7) is 2.03. The topological polar surface area (TPSA) is 84.0 Å². The molecule has 1 aliphatic rings. The van der Waals surface area contributed by atoms with Gasteiger partial charge >= 0.3 is 5.69 Å². The van der Waals surface area contributed by atoms with Gasteiger partial charge in [0.15, 0.2) is 0 Å². The number of imidazole rings is 1. The second-order valence-electron chi connectivity index (χ2n) is 4.97. The molecule has 1 saturated heterocycles. The van der Waals surface area contributed by atoms with Gasteiger partial charge in [-0.2, -0.15) is 0 Å². The molecule has 1 aromatic carbocycles. The minimum atomic E-state index is -0.624. The van der Waals surface area contributed by atoms with E-state index in [0.29, 0.717) is 17.5 Å². The number of aryl methyl sites for hydroxylation is 1. The van der Waals surface area contributed by atoms with Crippen LogP contribution in [0.1, 0.15) is 31.4 Å². The van der Waals surface area contributed by atoms with Crippen molar-refractivity contribution in [3.63, 3.8) is 0 Å². The number of imide groups is 1. The van der Waals surface area contributed by atoms with Gasteiger partial charge in [-0.1, -0.05) is 13.0 Å². The van der Waals surface area contributed by atoms with Crippen molar-refractivity contribution in [3.8, 4) is 0 Å². The van der Waals surface area contributed by atoms with E-state index >= 15 is 0 Å². The number of fused-ring (bicyclic) bond motifs is 1. The van der Waals surface area contributed by atoms with Gasteiger partial charge in [0.1, 0.15) is 6.04 Å². The number of carbonyl (C=O) groups is 2. The molecule has 3 rings (SSSR count). The Hall–Kier alpha value is -2.37. The molecule has 1 aromatic heterocycles. The van der Waals surface area contributed by atoms with Crippen LogP contribution in [-0.2, 0) is 16.0 Å². The lowest BCUT2D eigenvalue weighted by molar-refractivity contribution is -0.135. The van der Waals surface area contributed by atoms with Crippen molar-refractivity contribution in [1.29, 1.82) is 0 Å². The Morgan fingerprint density at radius 2 is 2.10 bits per heavy atom. The van der Waals surface area contributed by atoms with Crippen molar-refractivity contribution in [2.45, 2.75) is 32.2 Å². The molecule has 1 atom stereocenters. The quantitative estimate of drug-likeness (QED) is 0.796. The van der Waals surface area contributed by atoms with Crippen LogP contribution in [0.4, 0.5) is 0 Å². The first kappa shape index (κ1) is 12.7. The highest BCUT2D eigenvalue weighted by Crippen LogP contribution is 2.22. The van der Waals surface area contributed by atoms with Gasteiger partial charge in [0.2, 0.25) is 11.8 Å². The summed E-state index contributed by atoms with van der Waals surface area (Å²) >= 11 is 0. The Morgan fingerprint density at radius 3 is 2.80 bits per heavy atom. The number of piperidine rings is 1. The van der Waals surface area contributed by atoms with Crippen LogP contribution in [0.3, 0.4) is 0 Å². The van der Waals surface area contributed by atoms with Crippen LogP contribution in [-0.4, -0.2) is 21.4 Å². The molecule has 0 bridgehead atoms. The van der Waals surface area contributed by atoms with Crippen molar-refractivity contribution in [2.75, 3.05) is 0 Å². The Morgan fingerprint density at radius 1 is 1.30 bits per heavy atom. The number of aromatic amines is 1. The normalized spacial score (nSPS) is 19.4. The summed E-state index contributed by atoms with van der Waals surface area (Å²) in [6.07, 6.45) is 1.46. The van der Waals surface area contributed by atoms with Gasteiger partial charge in [0, 0.05) is 6.42 Å². The highest BCUT2D eigenvalue weighted by molar-refractivity contribution is 6.00. The third kappa shape index (κ3) is 1.93. The maximum absolute atomic E-state index is 12.1. The van der Waals surface area contributed by atoms with E-state index in [-0.39, 0.29) is 18.0 Å². The van der Waals surface area contributed by atoms with E-state index in [0.717, 1.165) is 12.0 Å². The smallest absolute Gasteiger partial charge is 0.306 e. The first-order chi connectivity index (χ1) is 9.60. The van der Waals surface area contributed by atoms with E-state index in [1.165, 1.54) is 4.57 Å². The number of nitrogens with zero attached hydrogens (tertiary/aromatic N) is 1. The average molecular weight is 273 g/mol. The van der Waals surface area contributed by atoms with Crippen molar-refractivity contribution < 1.29 is 9.59 Å². The zero-order valence-corrected chi connectivity index (χ0v) is 11.1. The average Bonchev–Trinajstić information content (AvgIpc) is 2.74. The molecule has 104 valence electrons. The maximum Gasteiger partial charge on any atom is 0.327 e. The van der Waals surface area contributed by atoms with Gasteiger partial charge in [0.25, 0.3) is 0 Å². The number of rotatable bonds is 2. The van der Waals surface area contributed by atoms with Crippen molar-refractivity contribution in [2.24, 2.45) is 0 Å². The van der Waals surface area contributed by atoms with E-state index < -0.39 is 11.9 Å². The molecular weight excluding hydrogens is 258 g/mol. The van der Waals surface area contributed by atoms with Crippen LogP contribution in [0.5, 0.6) is 0 Å². The largest absolute Gasteiger partial charge is 0.327 e. The molecule has 20 heavy (non-hydrogen) atoms. The molecule has 1 fully saturated rings. The third-order valence-corrected chi connectivity index (χ3v) is 3.71. The lowest BCUT2D eigenvalue weighted by Gasteiger charge is -2.21. The predicted octanol–water partition coefficient (Wildman–Crippen LogP) is 0.870. The fourth-order valence-corrected chi connectivity index (χ4v) is 2.62. The lowest BCUT2D eigenvalue weighted by atomic mass is 10.1. The number of hydrogen-bond donors (Lipinski definition) is 2. The molecule has 2 N–H and O–H groups in total. The van der Waals surface area contributed by atoms with Gasteiger partial charge < -0.3 is 4.98 Å². The summed E-state index contributed by atoms with van der Waals surface area (Å²) in [5, 5.41) is 2.29. The van der Waals surface area contributed by atoms with Crippen LogP contribution < -0.4 is 11.0 Å². The molecule has 6 heteroatoms. The summed E-state index contributed by atoms with van der Waals surface area (Å²) in [4.78, 5) is 38.0. The molecular formula is C14H15N3O3. The zero-order valence-electron chi connectivity index (χ0n) is 11.1. The summed E-state index contributed by atoms with van der Waals surface area (Å²) in [6, 6.07) is 5.09. The SMILES string of the molecule is CCc1ccc2[nH]c(=O)n(C3CCC(=O)NC3=O)c2c1. The fraction of sp³-hybridized carbons (Fsp3) is 0.357. The highest BCUT2D eigenvalue weighted by atomic mass is 16.2. The summed E-state index contributed by atoms with van der Waals surface area (Å²) in [7, 11) is 0. The summed E-state index contributed by atoms with van der Waals surface area (Å²) < 4.78 is 1.45. The van der Waals surface area contributed by atoms with E-state index in [1.54, 1.807) is 0 Å². The van der Waals surface area contributed by atoms with E-state index in [2.05, 4.69) is 10.3 Å². The maximum atomic E-state index is 12.1. The Kier molecular flexibility index (Phi) is 2.93. The first-order valence-corrected chi connectivity index (χ1v) is 6.67. The van der Waals surface area contributed by atoms with Crippen molar-refractivity contribution in [3.05, 3.63) is 34.2 Å². The Balaban J connectivity index is 2.15. The first-order valence-electron chi connectivity index (χ1n) is 6.67. The van der Waals surface area contributed by atoms with Gasteiger partial charge in [-0.15, -0.1) is 0 Å². The number of hydrogen-bond acceptors (Lipinski definition) is 3. The number of aromatic nitrogens is 2. The second kappa shape index (κ2) is 4.63. The molecule has 2 heterocycles. The third-order valence-electron chi connectivity index (χ3n) is 3.71. The van der Waals surface area contributed by atoms with E-state index in [1.807, 2.05) is 25.1 Å². The minimum absolute atomic E-state index is 0.253. The Labute approximate surface area is 114 Å². The zero-order chi connectivity index (χ0) is 14.3.